The largest absolute Gasteiger partial charge is 0.481 e. The number of unbranched alkanes of at least 4 members (excludes halogenated alkanes) is 2. The highest BCUT2D eigenvalue weighted by molar-refractivity contribution is 8.26. The fraction of sp³-hybridized carbons (Fsp3) is 0.312. The van der Waals surface area contributed by atoms with Crippen LogP contribution in [-0.2, 0) is 9.59 Å². The Bertz CT molecular complexity index is 797. The first-order chi connectivity index (χ1) is 12.3. The third-order valence-electron chi connectivity index (χ3n) is 3.61. The molecule has 1 fully saturated rings. The molecule has 1 aromatic rings. The summed E-state index contributed by atoms with van der Waals surface area (Å²) in [5.74, 6) is -1.09. The zero-order valence-electron chi connectivity index (χ0n) is 13.5. The zero-order valence-corrected chi connectivity index (χ0v) is 15.9. The molecule has 1 aliphatic heterocycles. The summed E-state index contributed by atoms with van der Waals surface area (Å²) in [6, 6.07) is 4.31. The maximum atomic E-state index is 12.5. The number of thiocarbonyl (C=S) groups is 1. The van der Waals surface area contributed by atoms with Crippen molar-refractivity contribution in [3.8, 4) is 0 Å². The lowest BCUT2D eigenvalue weighted by atomic mass is 10.1. The van der Waals surface area contributed by atoms with Crippen LogP contribution in [0.4, 0.5) is 5.69 Å². The fourth-order valence-electron chi connectivity index (χ4n) is 2.33. The summed E-state index contributed by atoms with van der Waals surface area (Å²) in [6.45, 7) is 0.419. The lowest BCUT2D eigenvalue weighted by Gasteiger charge is -2.13. The number of nitro groups is 1. The van der Waals surface area contributed by atoms with Gasteiger partial charge >= 0.3 is 5.97 Å². The van der Waals surface area contributed by atoms with Crippen molar-refractivity contribution in [2.45, 2.75) is 25.7 Å². The van der Waals surface area contributed by atoms with Crippen LogP contribution in [0, 0.1) is 10.1 Å². The molecule has 1 heterocycles. The molecule has 0 radical (unpaired) electrons. The second-order valence-corrected chi connectivity index (χ2v) is 7.59. The number of carboxylic acid groups (broad SMARTS) is 1. The van der Waals surface area contributed by atoms with E-state index < -0.39 is 10.9 Å². The van der Waals surface area contributed by atoms with E-state index in [0.29, 0.717) is 40.6 Å². The van der Waals surface area contributed by atoms with E-state index in [-0.39, 0.29) is 23.0 Å². The number of benzene rings is 1. The highest BCUT2D eigenvalue weighted by atomic mass is 35.5. The van der Waals surface area contributed by atoms with Gasteiger partial charge in [-0.2, -0.15) is 0 Å². The Labute approximate surface area is 164 Å². The number of nitro benzene ring substituents is 1. The van der Waals surface area contributed by atoms with Gasteiger partial charge in [0.15, 0.2) is 0 Å². The molecule has 1 saturated heterocycles. The van der Waals surface area contributed by atoms with Crippen molar-refractivity contribution in [3.63, 3.8) is 0 Å². The van der Waals surface area contributed by atoms with Crippen LogP contribution in [0.5, 0.6) is 0 Å². The molecule has 1 aliphatic rings. The predicted octanol–water partition coefficient (Wildman–Crippen LogP) is 4.09. The molecular weight excluding hydrogens is 400 g/mol. The first kappa shape index (κ1) is 20.3. The monoisotopic (exact) mass is 414 g/mol. The Morgan fingerprint density at radius 2 is 2.12 bits per heavy atom. The van der Waals surface area contributed by atoms with Crippen molar-refractivity contribution < 1.29 is 19.6 Å². The maximum Gasteiger partial charge on any atom is 0.303 e. The molecule has 0 aliphatic carbocycles. The molecule has 0 atom stereocenters. The summed E-state index contributed by atoms with van der Waals surface area (Å²) >= 11 is 12.1. The van der Waals surface area contributed by atoms with Gasteiger partial charge in [-0.15, -0.1) is 0 Å². The van der Waals surface area contributed by atoms with Crippen LogP contribution in [0.1, 0.15) is 31.2 Å². The molecule has 1 aromatic carbocycles. The van der Waals surface area contributed by atoms with Crippen LogP contribution < -0.4 is 0 Å². The Morgan fingerprint density at radius 1 is 1.38 bits per heavy atom. The van der Waals surface area contributed by atoms with Gasteiger partial charge in [-0.1, -0.05) is 48.1 Å². The Morgan fingerprint density at radius 3 is 2.77 bits per heavy atom. The average molecular weight is 415 g/mol. The molecule has 0 aromatic heterocycles. The van der Waals surface area contributed by atoms with Gasteiger partial charge in [0.1, 0.15) is 9.34 Å². The minimum absolute atomic E-state index is 0.0288. The topological polar surface area (TPSA) is 101 Å². The van der Waals surface area contributed by atoms with Crippen LogP contribution >= 0.6 is 35.6 Å². The second kappa shape index (κ2) is 9.11. The van der Waals surface area contributed by atoms with Gasteiger partial charge in [0.25, 0.3) is 11.6 Å². The fourth-order valence-corrected chi connectivity index (χ4v) is 3.82. The zero-order chi connectivity index (χ0) is 19.3. The third kappa shape index (κ3) is 5.26. The van der Waals surface area contributed by atoms with E-state index in [1.807, 2.05) is 0 Å². The summed E-state index contributed by atoms with van der Waals surface area (Å²) in [6.07, 6.45) is 3.54. The van der Waals surface area contributed by atoms with Crippen molar-refractivity contribution in [2.24, 2.45) is 0 Å². The van der Waals surface area contributed by atoms with E-state index in [9.17, 15) is 19.7 Å². The normalized spacial score (nSPS) is 15.7. The number of nitrogens with zero attached hydrogens (tertiary/aromatic N) is 2. The molecule has 26 heavy (non-hydrogen) atoms. The maximum absolute atomic E-state index is 12.5. The van der Waals surface area contributed by atoms with Crippen molar-refractivity contribution in [2.75, 3.05) is 6.54 Å². The van der Waals surface area contributed by atoms with Crippen LogP contribution in [0.3, 0.4) is 0 Å². The van der Waals surface area contributed by atoms with E-state index in [1.54, 1.807) is 12.1 Å². The molecule has 138 valence electrons. The molecule has 10 heteroatoms. The van der Waals surface area contributed by atoms with E-state index >= 15 is 0 Å². The number of carbonyl (C=O) groups excluding carboxylic acids is 1. The van der Waals surface area contributed by atoms with Crippen molar-refractivity contribution in [1.29, 1.82) is 0 Å². The van der Waals surface area contributed by atoms with Crippen molar-refractivity contribution in [1.82, 2.24) is 4.90 Å². The summed E-state index contributed by atoms with van der Waals surface area (Å²) in [5, 5.41) is 19.6. The Balaban J connectivity index is 2.03. The van der Waals surface area contributed by atoms with Gasteiger partial charge in [0.05, 0.1) is 9.83 Å². The number of carbonyl (C=O) groups is 2. The van der Waals surface area contributed by atoms with E-state index in [2.05, 4.69) is 0 Å². The summed E-state index contributed by atoms with van der Waals surface area (Å²) in [7, 11) is 0. The minimum Gasteiger partial charge on any atom is -0.481 e. The van der Waals surface area contributed by atoms with E-state index in [0.717, 1.165) is 11.8 Å². The highest BCUT2D eigenvalue weighted by Gasteiger charge is 2.31. The van der Waals surface area contributed by atoms with Gasteiger partial charge in [-0.25, -0.2) is 0 Å². The smallest absolute Gasteiger partial charge is 0.303 e. The third-order valence-corrected chi connectivity index (χ3v) is 5.31. The van der Waals surface area contributed by atoms with Gasteiger partial charge in [0, 0.05) is 19.0 Å². The lowest BCUT2D eigenvalue weighted by Crippen LogP contribution is -2.29. The minimum atomic E-state index is -0.837. The quantitative estimate of drug-likeness (QED) is 0.225. The van der Waals surface area contributed by atoms with Crippen molar-refractivity contribution in [3.05, 3.63) is 43.8 Å². The number of thioether (sulfide) groups is 1. The lowest BCUT2D eigenvalue weighted by molar-refractivity contribution is -0.384. The van der Waals surface area contributed by atoms with Gasteiger partial charge in [-0.3, -0.25) is 24.6 Å². The van der Waals surface area contributed by atoms with Crippen LogP contribution in [0.15, 0.2) is 23.1 Å². The summed E-state index contributed by atoms with van der Waals surface area (Å²) in [5.41, 5.74) is 0.261. The van der Waals surface area contributed by atoms with Gasteiger partial charge < -0.3 is 5.11 Å². The molecule has 0 spiro atoms. The van der Waals surface area contributed by atoms with Gasteiger partial charge in [-0.05, 0) is 30.5 Å². The molecule has 1 N–H and O–H groups in total. The van der Waals surface area contributed by atoms with E-state index in [4.69, 9.17) is 28.9 Å². The SMILES string of the molecule is O=C(O)CCCCCN1C(=O)C(=Cc2ccc(Cl)c([N+](=O)[O-])c2)SC1=S. The number of hydrogen-bond donors (Lipinski definition) is 1. The summed E-state index contributed by atoms with van der Waals surface area (Å²) < 4.78 is 0.419. The summed E-state index contributed by atoms with van der Waals surface area (Å²) in [4.78, 5) is 35.2. The molecular formula is C16H15ClN2O5S2. The number of rotatable bonds is 8. The standard InChI is InChI=1S/C16H15ClN2O5S2/c17-11-6-5-10(8-12(11)19(23)24)9-13-15(22)18(16(25)26-13)7-3-1-2-4-14(20)21/h5-6,8-9H,1-4,7H2,(H,20,21). The van der Waals surface area contributed by atoms with Crippen LogP contribution in [0.25, 0.3) is 6.08 Å². The Hall–Kier alpha value is -1.97. The molecule has 0 bridgehead atoms. The second-order valence-electron chi connectivity index (χ2n) is 5.51. The predicted molar refractivity (Wildman–Crippen MR) is 104 cm³/mol. The average Bonchev–Trinajstić information content (AvgIpc) is 2.83. The Kier molecular flexibility index (Phi) is 7.13. The van der Waals surface area contributed by atoms with Crippen LogP contribution in [0.2, 0.25) is 5.02 Å². The number of halogens is 1. The molecule has 0 unspecified atom stereocenters. The molecule has 7 nitrogen and oxygen atoms in total. The van der Waals surface area contributed by atoms with Crippen LogP contribution in [-0.4, -0.2) is 37.7 Å². The number of aliphatic carboxylic acids is 1. The number of carboxylic acids is 1. The molecule has 0 saturated carbocycles. The number of hydrogen-bond acceptors (Lipinski definition) is 6. The number of amides is 1. The molecule has 2 rings (SSSR count). The van der Waals surface area contributed by atoms with E-state index in [1.165, 1.54) is 17.0 Å². The highest BCUT2D eigenvalue weighted by Crippen LogP contribution is 2.34. The first-order valence-corrected chi connectivity index (χ1v) is 9.31. The molecule has 1 amide bonds. The van der Waals surface area contributed by atoms with Crippen molar-refractivity contribution >= 4 is 63.5 Å². The van der Waals surface area contributed by atoms with Gasteiger partial charge in [0.2, 0.25) is 0 Å². The first-order valence-electron chi connectivity index (χ1n) is 7.70.